The van der Waals surface area contributed by atoms with Crippen LogP contribution in [-0.2, 0) is 22.5 Å². The molecule has 1 amide bonds. The number of nitrogens with one attached hydrogen (secondary N) is 2. The topological polar surface area (TPSA) is 106 Å². The number of H-pyrrole nitrogens is 1. The molecule has 0 radical (unpaired) electrons. The molecule has 0 aliphatic carbocycles. The van der Waals surface area contributed by atoms with E-state index in [4.69, 9.17) is 4.74 Å². The number of hydrogen-bond acceptors (Lipinski definition) is 5. The second kappa shape index (κ2) is 8.77. The van der Waals surface area contributed by atoms with Crippen molar-refractivity contribution in [3.05, 3.63) is 70.2 Å². The molecule has 0 unspecified atom stereocenters. The molecule has 0 atom stereocenters. The molecule has 0 spiro atoms. The zero-order chi connectivity index (χ0) is 21.8. The highest BCUT2D eigenvalue weighted by Gasteiger charge is 2.24. The summed E-state index contributed by atoms with van der Waals surface area (Å²) in [5.41, 5.74) is 3.14. The molecule has 8 nitrogen and oxygen atoms in total. The minimum atomic E-state index is -0.594. The maximum atomic E-state index is 12.7. The van der Waals surface area contributed by atoms with Gasteiger partial charge in [-0.1, -0.05) is 30.3 Å². The van der Waals surface area contributed by atoms with E-state index in [1.54, 1.807) is 17.7 Å². The first-order valence-corrected chi connectivity index (χ1v) is 9.49. The number of rotatable bonds is 7. The molecule has 0 bridgehead atoms. The van der Waals surface area contributed by atoms with Gasteiger partial charge in [-0.15, -0.1) is 0 Å². The number of aromatic nitrogens is 3. The van der Waals surface area contributed by atoms with Crippen LogP contribution >= 0.6 is 0 Å². The van der Waals surface area contributed by atoms with Gasteiger partial charge < -0.3 is 15.0 Å². The first-order valence-electron chi connectivity index (χ1n) is 9.49. The van der Waals surface area contributed by atoms with E-state index in [0.717, 1.165) is 11.3 Å². The van der Waals surface area contributed by atoms with Crippen LogP contribution < -0.4 is 5.32 Å². The summed E-state index contributed by atoms with van der Waals surface area (Å²) in [4.78, 5) is 39.7. The van der Waals surface area contributed by atoms with Gasteiger partial charge >= 0.3 is 5.97 Å². The summed E-state index contributed by atoms with van der Waals surface area (Å²) in [6.45, 7) is 5.40. The third-order valence-electron chi connectivity index (χ3n) is 4.75. The first kappa shape index (κ1) is 21.0. The monoisotopic (exact) mass is 408 g/mol. The molecule has 0 fully saturated rings. The molecule has 30 heavy (non-hydrogen) atoms. The largest absolute Gasteiger partial charge is 0.465 e. The first-order chi connectivity index (χ1) is 14.3. The lowest BCUT2D eigenvalue weighted by Crippen LogP contribution is -2.19. The van der Waals surface area contributed by atoms with Gasteiger partial charge in [-0.2, -0.15) is 5.10 Å². The molecule has 3 rings (SSSR count). The summed E-state index contributed by atoms with van der Waals surface area (Å²) in [5.74, 6) is -0.605. The Bertz CT molecular complexity index is 1100. The van der Waals surface area contributed by atoms with Crippen molar-refractivity contribution in [2.75, 3.05) is 12.4 Å². The zero-order valence-electron chi connectivity index (χ0n) is 17.4. The summed E-state index contributed by atoms with van der Waals surface area (Å²) >= 11 is 0. The van der Waals surface area contributed by atoms with Crippen molar-refractivity contribution in [3.8, 4) is 0 Å². The number of methoxy groups -OCH3 is 1. The van der Waals surface area contributed by atoms with Crippen LogP contribution in [0.15, 0.2) is 36.4 Å². The Labute approximate surface area is 174 Å². The van der Waals surface area contributed by atoms with Crippen LogP contribution in [0.2, 0.25) is 0 Å². The molecule has 0 saturated heterocycles. The lowest BCUT2D eigenvalue weighted by atomic mass is 10.1. The molecule has 2 aromatic heterocycles. The molecule has 2 heterocycles. The summed E-state index contributed by atoms with van der Waals surface area (Å²) < 4.78 is 6.54. The zero-order valence-corrected chi connectivity index (χ0v) is 17.4. The van der Waals surface area contributed by atoms with Gasteiger partial charge in [-0.05, 0) is 25.0 Å². The van der Waals surface area contributed by atoms with E-state index in [9.17, 15) is 14.4 Å². The van der Waals surface area contributed by atoms with Crippen molar-refractivity contribution in [3.63, 3.8) is 0 Å². The van der Waals surface area contributed by atoms with E-state index in [2.05, 4.69) is 15.4 Å². The SMILES string of the molecule is COC(=O)c1c(CC(=O)Nc2cc(C)nn2Cc2ccccc2)[nH]c(C(C)=O)c1C. The summed E-state index contributed by atoms with van der Waals surface area (Å²) in [6.07, 6.45) is -0.117. The number of ketones is 1. The van der Waals surface area contributed by atoms with E-state index in [1.807, 2.05) is 37.3 Å². The summed E-state index contributed by atoms with van der Waals surface area (Å²) in [5, 5.41) is 7.29. The van der Waals surface area contributed by atoms with Gasteiger partial charge in [0, 0.05) is 18.7 Å². The third kappa shape index (κ3) is 4.48. The Balaban J connectivity index is 1.82. The van der Waals surface area contributed by atoms with Crippen molar-refractivity contribution >= 4 is 23.5 Å². The van der Waals surface area contributed by atoms with Gasteiger partial charge in [0.15, 0.2) is 5.78 Å². The maximum Gasteiger partial charge on any atom is 0.339 e. The van der Waals surface area contributed by atoms with E-state index >= 15 is 0 Å². The lowest BCUT2D eigenvalue weighted by molar-refractivity contribution is -0.115. The van der Waals surface area contributed by atoms with E-state index in [0.29, 0.717) is 29.3 Å². The van der Waals surface area contributed by atoms with Crippen LogP contribution in [0.4, 0.5) is 5.82 Å². The number of Topliss-reactive ketones (excluding diaryl/α,β-unsaturated/α-hetero) is 1. The van der Waals surface area contributed by atoms with Crippen molar-refractivity contribution in [1.82, 2.24) is 14.8 Å². The number of ether oxygens (including phenoxy) is 1. The standard InChI is InChI=1S/C22H24N4O4/c1-13-10-18(26(25-13)12-16-8-6-5-7-9-16)24-19(28)11-17-20(22(29)30-4)14(2)21(23-17)15(3)27/h5-10,23H,11-12H2,1-4H3,(H,24,28). The Kier molecular flexibility index (Phi) is 6.15. The fraction of sp³-hybridized carbons (Fsp3) is 0.273. The van der Waals surface area contributed by atoms with Crippen LogP contribution in [0, 0.1) is 13.8 Å². The number of aromatic amines is 1. The molecule has 0 saturated carbocycles. The minimum Gasteiger partial charge on any atom is -0.465 e. The Morgan fingerprint density at radius 2 is 1.87 bits per heavy atom. The molecule has 1 aromatic carbocycles. The van der Waals surface area contributed by atoms with Gasteiger partial charge in [0.05, 0.1) is 37.0 Å². The highest BCUT2D eigenvalue weighted by molar-refractivity contribution is 6.02. The van der Waals surface area contributed by atoms with Gasteiger partial charge in [0.25, 0.3) is 0 Å². The lowest BCUT2D eigenvalue weighted by Gasteiger charge is -2.09. The van der Waals surface area contributed by atoms with Gasteiger partial charge in [-0.25, -0.2) is 9.48 Å². The highest BCUT2D eigenvalue weighted by atomic mass is 16.5. The fourth-order valence-electron chi connectivity index (χ4n) is 3.39. The number of nitrogens with zero attached hydrogens (tertiary/aromatic N) is 2. The summed E-state index contributed by atoms with van der Waals surface area (Å²) in [6, 6.07) is 11.6. The quantitative estimate of drug-likeness (QED) is 0.462. The molecule has 2 N–H and O–H groups in total. The van der Waals surface area contributed by atoms with Gasteiger partial charge in [-0.3, -0.25) is 9.59 Å². The van der Waals surface area contributed by atoms with Crippen molar-refractivity contribution < 1.29 is 19.1 Å². The van der Waals surface area contributed by atoms with Crippen LogP contribution in [-0.4, -0.2) is 39.5 Å². The number of amides is 1. The van der Waals surface area contributed by atoms with E-state index in [-0.39, 0.29) is 23.7 Å². The van der Waals surface area contributed by atoms with Gasteiger partial charge in [0.1, 0.15) is 5.82 Å². The predicted octanol–water partition coefficient (Wildman–Crippen LogP) is 3.05. The molecule has 3 aromatic rings. The van der Waals surface area contributed by atoms with Crippen molar-refractivity contribution in [2.45, 2.75) is 33.7 Å². The molecule has 0 aliphatic rings. The van der Waals surface area contributed by atoms with E-state index in [1.165, 1.54) is 14.0 Å². The minimum absolute atomic E-state index is 0.117. The molecule has 8 heteroatoms. The Morgan fingerprint density at radius 1 is 1.17 bits per heavy atom. The van der Waals surface area contributed by atoms with Crippen LogP contribution in [0.3, 0.4) is 0 Å². The Hall–Kier alpha value is -3.68. The maximum absolute atomic E-state index is 12.7. The number of carbonyl (C=O) groups excluding carboxylic acids is 3. The second-order valence-electron chi connectivity index (χ2n) is 7.07. The average Bonchev–Trinajstić information content (AvgIpc) is 3.21. The average molecular weight is 408 g/mol. The number of esters is 1. The molecular formula is C22H24N4O4. The molecular weight excluding hydrogens is 384 g/mol. The normalized spacial score (nSPS) is 10.7. The van der Waals surface area contributed by atoms with Crippen molar-refractivity contribution in [1.29, 1.82) is 0 Å². The number of hydrogen-bond donors (Lipinski definition) is 2. The smallest absolute Gasteiger partial charge is 0.339 e. The number of aryl methyl sites for hydroxylation is 1. The molecule has 156 valence electrons. The highest BCUT2D eigenvalue weighted by Crippen LogP contribution is 2.21. The van der Waals surface area contributed by atoms with Crippen LogP contribution in [0.1, 0.15) is 50.3 Å². The number of anilines is 1. The third-order valence-corrected chi connectivity index (χ3v) is 4.75. The van der Waals surface area contributed by atoms with Crippen molar-refractivity contribution in [2.24, 2.45) is 0 Å². The number of benzene rings is 1. The second-order valence-corrected chi connectivity index (χ2v) is 7.07. The summed E-state index contributed by atoms with van der Waals surface area (Å²) in [7, 11) is 1.26. The predicted molar refractivity (Wildman–Crippen MR) is 112 cm³/mol. The van der Waals surface area contributed by atoms with E-state index < -0.39 is 5.97 Å². The fourth-order valence-corrected chi connectivity index (χ4v) is 3.39. The van der Waals surface area contributed by atoms with Crippen LogP contribution in [0.5, 0.6) is 0 Å². The molecule has 0 aliphatic heterocycles. The Morgan fingerprint density at radius 3 is 2.50 bits per heavy atom. The van der Waals surface area contributed by atoms with Gasteiger partial charge in [0.2, 0.25) is 5.91 Å². The number of carbonyl (C=O) groups is 3. The van der Waals surface area contributed by atoms with Crippen LogP contribution in [0.25, 0.3) is 0 Å².